The lowest BCUT2D eigenvalue weighted by atomic mass is 10.1. The van der Waals surface area contributed by atoms with Gasteiger partial charge in [-0.25, -0.2) is 4.39 Å². The zero-order valence-corrected chi connectivity index (χ0v) is 14.4. The lowest BCUT2D eigenvalue weighted by Gasteiger charge is -2.16. The van der Waals surface area contributed by atoms with Gasteiger partial charge in [0.1, 0.15) is 11.5 Å². The van der Waals surface area contributed by atoms with Crippen LogP contribution >= 0.6 is 27.5 Å². The molecule has 7 nitrogen and oxygen atoms in total. The van der Waals surface area contributed by atoms with Crippen molar-refractivity contribution in [2.24, 2.45) is 0 Å². The molecule has 2 aromatic carbocycles. The molecule has 0 aromatic heterocycles. The molecule has 13 heteroatoms. The molecule has 0 bridgehead atoms. The molecule has 0 radical (unpaired) electrons. The molecule has 0 amide bonds. The summed E-state index contributed by atoms with van der Waals surface area (Å²) in [6.45, 7) is 0. The Kier molecular flexibility index (Phi) is 5.37. The molecule has 0 saturated heterocycles. The number of benzene rings is 2. The number of anilines is 2. The second kappa shape index (κ2) is 7.03. The molecule has 2 aromatic rings. The molecular weight excluding hydrogens is 454 g/mol. The highest BCUT2D eigenvalue weighted by Crippen LogP contribution is 2.45. The van der Waals surface area contributed by atoms with E-state index in [0.717, 1.165) is 12.1 Å². The minimum absolute atomic E-state index is 0.111. The second-order valence-corrected chi connectivity index (χ2v) is 6.09. The quantitative estimate of drug-likeness (QED) is 0.354. The van der Waals surface area contributed by atoms with Crippen LogP contribution < -0.4 is 5.32 Å². The maximum Gasteiger partial charge on any atom is 0.418 e. The number of hydrogen-bond donors (Lipinski definition) is 1. The maximum absolute atomic E-state index is 14.0. The predicted octanol–water partition coefficient (Wildman–Crippen LogP) is 5.82. The van der Waals surface area contributed by atoms with E-state index in [9.17, 15) is 37.8 Å². The number of nitrogens with one attached hydrogen (secondary N) is 1. The summed E-state index contributed by atoms with van der Waals surface area (Å²) >= 11 is 8.70. The Morgan fingerprint density at radius 3 is 2.12 bits per heavy atom. The lowest BCUT2D eigenvalue weighted by molar-refractivity contribution is -0.394. The standard InChI is InChI=1S/C13H5BrClF4N3O4/c14-5-1-8(15)12(9(16)2-5)20-11-7(13(17,18)19)3-6(21(23)24)4-10(11)22(25)26/h1-4,20H. The summed E-state index contributed by atoms with van der Waals surface area (Å²) in [6.07, 6.45) is -5.20. The Hall–Kier alpha value is -2.47. The SMILES string of the molecule is O=[N+]([O-])c1cc([N+](=O)[O-])c(Nc2c(F)cc(Br)cc2Cl)c(C(F)(F)F)c1. The highest BCUT2D eigenvalue weighted by atomic mass is 79.9. The first-order chi connectivity index (χ1) is 11.9. The molecule has 1 N–H and O–H groups in total. The molecule has 0 heterocycles. The molecule has 0 spiro atoms. The van der Waals surface area contributed by atoms with Crippen LogP contribution in [0.2, 0.25) is 5.02 Å². The molecule has 0 unspecified atom stereocenters. The summed E-state index contributed by atoms with van der Waals surface area (Å²) < 4.78 is 54.1. The van der Waals surface area contributed by atoms with E-state index in [-0.39, 0.29) is 15.6 Å². The van der Waals surface area contributed by atoms with Crippen molar-refractivity contribution in [2.45, 2.75) is 6.18 Å². The van der Waals surface area contributed by atoms with Gasteiger partial charge in [-0.2, -0.15) is 13.2 Å². The average molecular weight is 459 g/mol. The topological polar surface area (TPSA) is 98.3 Å². The van der Waals surface area contributed by atoms with Crippen LogP contribution in [-0.2, 0) is 6.18 Å². The molecule has 0 atom stereocenters. The van der Waals surface area contributed by atoms with Crippen LogP contribution in [0.5, 0.6) is 0 Å². The van der Waals surface area contributed by atoms with Gasteiger partial charge in [-0.05, 0) is 12.1 Å². The fraction of sp³-hybridized carbons (Fsp3) is 0.0769. The van der Waals surface area contributed by atoms with Crippen LogP contribution in [0.4, 0.5) is 40.3 Å². The fourth-order valence-electron chi connectivity index (χ4n) is 2.00. The Labute approximate surface area is 155 Å². The third kappa shape index (κ3) is 4.02. The number of alkyl halides is 3. The van der Waals surface area contributed by atoms with Gasteiger partial charge in [-0.3, -0.25) is 20.2 Å². The molecule has 0 aliphatic carbocycles. The smallest absolute Gasteiger partial charge is 0.346 e. The zero-order valence-electron chi connectivity index (χ0n) is 12.1. The molecule has 138 valence electrons. The monoisotopic (exact) mass is 457 g/mol. The number of halogens is 6. The Morgan fingerprint density at radius 2 is 1.65 bits per heavy atom. The van der Waals surface area contributed by atoms with Gasteiger partial charge in [0.15, 0.2) is 0 Å². The van der Waals surface area contributed by atoms with Crippen molar-refractivity contribution in [3.05, 3.63) is 65.4 Å². The van der Waals surface area contributed by atoms with Crippen molar-refractivity contribution < 1.29 is 27.4 Å². The third-order valence-corrected chi connectivity index (χ3v) is 3.83. The van der Waals surface area contributed by atoms with E-state index in [2.05, 4.69) is 15.9 Å². The van der Waals surface area contributed by atoms with Crippen molar-refractivity contribution >= 4 is 50.3 Å². The molecule has 0 aliphatic heterocycles. The number of nitro groups is 2. The van der Waals surface area contributed by atoms with Gasteiger partial charge in [-0.15, -0.1) is 0 Å². The Morgan fingerprint density at radius 1 is 1.04 bits per heavy atom. The second-order valence-electron chi connectivity index (χ2n) is 4.77. The van der Waals surface area contributed by atoms with Crippen molar-refractivity contribution in [1.29, 1.82) is 0 Å². The fourth-order valence-corrected chi connectivity index (χ4v) is 2.82. The van der Waals surface area contributed by atoms with Crippen LogP contribution in [0.15, 0.2) is 28.7 Å². The van der Waals surface area contributed by atoms with Gasteiger partial charge in [0.2, 0.25) is 0 Å². The minimum atomic E-state index is -5.20. The van der Waals surface area contributed by atoms with Crippen LogP contribution in [-0.4, -0.2) is 9.85 Å². The lowest BCUT2D eigenvalue weighted by Crippen LogP contribution is -2.12. The van der Waals surface area contributed by atoms with Gasteiger partial charge < -0.3 is 5.32 Å². The van der Waals surface area contributed by atoms with Gasteiger partial charge in [0.05, 0.1) is 32.2 Å². The van der Waals surface area contributed by atoms with Crippen molar-refractivity contribution in [2.75, 3.05) is 5.32 Å². The van der Waals surface area contributed by atoms with Crippen molar-refractivity contribution in [3.8, 4) is 0 Å². The van der Waals surface area contributed by atoms with E-state index in [1.807, 2.05) is 5.32 Å². The highest BCUT2D eigenvalue weighted by molar-refractivity contribution is 9.10. The molecule has 0 fully saturated rings. The van der Waals surface area contributed by atoms with Crippen molar-refractivity contribution in [1.82, 2.24) is 0 Å². The normalized spacial score (nSPS) is 11.3. The largest absolute Gasteiger partial charge is 0.418 e. The first-order valence-electron chi connectivity index (χ1n) is 6.37. The summed E-state index contributed by atoms with van der Waals surface area (Å²) in [5, 5.41) is 23.5. The van der Waals surface area contributed by atoms with E-state index in [1.165, 1.54) is 0 Å². The van der Waals surface area contributed by atoms with E-state index < -0.39 is 50.2 Å². The number of hydrogen-bond acceptors (Lipinski definition) is 5. The number of non-ortho nitro benzene ring substituents is 1. The third-order valence-electron chi connectivity index (χ3n) is 3.07. The van der Waals surface area contributed by atoms with Gasteiger partial charge in [0, 0.05) is 10.5 Å². The van der Waals surface area contributed by atoms with E-state index in [0.29, 0.717) is 6.07 Å². The van der Waals surface area contributed by atoms with Crippen LogP contribution in [0.25, 0.3) is 0 Å². The van der Waals surface area contributed by atoms with E-state index >= 15 is 0 Å². The van der Waals surface area contributed by atoms with Crippen molar-refractivity contribution in [3.63, 3.8) is 0 Å². The summed E-state index contributed by atoms with van der Waals surface area (Å²) in [5.74, 6) is -1.09. The zero-order chi connectivity index (χ0) is 19.8. The Balaban J connectivity index is 2.78. The summed E-state index contributed by atoms with van der Waals surface area (Å²) in [5.41, 5.74) is -5.94. The average Bonchev–Trinajstić information content (AvgIpc) is 2.48. The van der Waals surface area contributed by atoms with Crippen LogP contribution in [0.1, 0.15) is 5.56 Å². The number of nitrogens with zero attached hydrogens (tertiary/aromatic N) is 2. The van der Waals surface area contributed by atoms with Gasteiger partial charge in [0.25, 0.3) is 11.4 Å². The maximum atomic E-state index is 14.0. The minimum Gasteiger partial charge on any atom is -0.346 e. The predicted molar refractivity (Wildman–Crippen MR) is 87.1 cm³/mol. The number of rotatable bonds is 4. The first-order valence-corrected chi connectivity index (χ1v) is 7.54. The number of nitro benzene ring substituents is 2. The molecule has 0 aliphatic rings. The molecular formula is C13H5BrClF4N3O4. The summed E-state index contributed by atoms with van der Waals surface area (Å²) in [4.78, 5) is 19.4. The van der Waals surface area contributed by atoms with Gasteiger partial charge in [-0.1, -0.05) is 27.5 Å². The highest BCUT2D eigenvalue weighted by Gasteiger charge is 2.40. The first kappa shape index (κ1) is 19.8. The summed E-state index contributed by atoms with van der Waals surface area (Å²) in [6, 6.07) is 2.47. The molecule has 2 rings (SSSR count). The molecule has 0 saturated carbocycles. The molecule has 26 heavy (non-hydrogen) atoms. The van der Waals surface area contributed by atoms with Gasteiger partial charge >= 0.3 is 6.18 Å². The van der Waals surface area contributed by atoms with E-state index in [4.69, 9.17) is 11.6 Å². The Bertz CT molecular complexity index is 900. The van der Waals surface area contributed by atoms with Crippen LogP contribution in [0.3, 0.4) is 0 Å². The summed E-state index contributed by atoms with van der Waals surface area (Å²) in [7, 11) is 0. The van der Waals surface area contributed by atoms with Crippen LogP contribution in [0, 0.1) is 26.0 Å². The van der Waals surface area contributed by atoms with E-state index in [1.54, 1.807) is 0 Å².